The molecule has 6 heteroatoms. The van der Waals surface area contributed by atoms with Crippen LogP contribution in [-0.2, 0) is 14.3 Å². The van der Waals surface area contributed by atoms with Crippen LogP contribution in [0.5, 0.6) is 0 Å². The summed E-state index contributed by atoms with van der Waals surface area (Å²) >= 11 is 6.29. The molecule has 1 aliphatic heterocycles. The number of para-hydroxylation sites is 1. The van der Waals surface area contributed by atoms with Crippen molar-refractivity contribution >= 4 is 34.1 Å². The normalized spacial score (nSPS) is 18.7. The van der Waals surface area contributed by atoms with E-state index in [1.54, 1.807) is 12.3 Å². The highest BCUT2D eigenvalue weighted by Crippen LogP contribution is 2.29. The second-order valence-corrected chi connectivity index (χ2v) is 5.26. The zero-order valence-corrected chi connectivity index (χ0v) is 12.3. The first-order valence-electron chi connectivity index (χ1n) is 6.71. The summed E-state index contributed by atoms with van der Waals surface area (Å²) in [6.07, 6.45) is 1.11. The van der Waals surface area contributed by atoms with E-state index >= 15 is 0 Å². The van der Waals surface area contributed by atoms with Crippen LogP contribution in [0, 0.1) is 6.92 Å². The van der Waals surface area contributed by atoms with E-state index in [2.05, 4.69) is 10.3 Å². The number of hydrogen-bond acceptors (Lipinski definition) is 4. The third-order valence-corrected chi connectivity index (χ3v) is 3.87. The third kappa shape index (κ3) is 2.85. The molecule has 3 rings (SSSR count). The molecule has 1 N–H and O–H groups in total. The van der Waals surface area contributed by atoms with Gasteiger partial charge in [-0.1, -0.05) is 23.7 Å². The number of amides is 1. The first-order chi connectivity index (χ1) is 10.2. The van der Waals surface area contributed by atoms with E-state index in [0.717, 1.165) is 10.9 Å². The van der Waals surface area contributed by atoms with Crippen molar-refractivity contribution in [3.8, 4) is 0 Å². The molecule has 5 nitrogen and oxygen atoms in total. The Bertz CT molecular complexity index is 684. The Labute approximate surface area is 127 Å². The molecule has 0 aliphatic carbocycles. The molecule has 2 aromatic rings. The highest BCUT2D eigenvalue weighted by atomic mass is 35.5. The van der Waals surface area contributed by atoms with E-state index in [-0.39, 0.29) is 12.5 Å². The number of hydrogen-bond donors (Lipinski definition) is 1. The van der Waals surface area contributed by atoms with Crippen molar-refractivity contribution in [3.05, 3.63) is 35.0 Å². The summed E-state index contributed by atoms with van der Waals surface area (Å²) in [5, 5.41) is 4.30. The van der Waals surface area contributed by atoms with Crippen molar-refractivity contribution in [1.82, 2.24) is 4.98 Å². The van der Waals surface area contributed by atoms with E-state index in [1.807, 2.05) is 19.1 Å². The highest BCUT2D eigenvalue weighted by Gasteiger charge is 2.23. The molecule has 1 aliphatic rings. The van der Waals surface area contributed by atoms with Crippen molar-refractivity contribution in [3.63, 3.8) is 0 Å². The van der Waals surface area contributed by atoms with Gasteiger partial charge in [-0.15, -0.1) is 0 Å². The number of aryl methyl sites for hydroxylation is 1. The number of carbonyl (C=O) groups is 1. The van der Waals surface area contributed by atoms with Gasteiger partial charge in [-0.25, -0.2) is 0 Å². The van der Waals surface area contributed by atoms with Crippen molar-refractivity contribution < 1.29 is 14.3 Å². The van der Waals surface area contributed by atoms with E-state index in [0.29, 0.717) is 29.4 Å². The van der Waals surface area contributed by atoms with Crippen LogP contribution in [-0.4, -0.2) is 36.8 Å². The minimum Gasteiger partial charge on any atom is -0.376 e. The van der Waals surface area contributed by atoms with Crippen LogP contribution >= 0.6 is 11.6 Å². The molecule has 1 aromatic carbocycles. The van der Waals surface area contributed by atoms with E-state index in [4.69, 9.17) is 21.1 Å². The summed E-state index contributed by atoms with van der Waals surface area (Å²) in [4.78, 5) is 16.6. The summed E-state index contributed by atoms with van der Waals surface area (Å²) < 4.78 is 10.6. The molecule has 1 fully saturated rings. The topological polar surface area (TPSA) is 60.5 Å². The number of fused-ring (bicyclic) bond motifs is 1. The number of rotatable bonds is 2. The molecule has 1 amide bonds. The molecule has 21 heavy (non-hydrogen) atoms. The Hall–Kier alpha value is -1.69. The lowest BCUT2D eigenvalue weighted by atomic mass is 10.1. The summed E-state index contributed by atoms with van der Waals surface area (Å²) in [5.74, 6) is -0.235. The monoisotopic (exact) mass is 306 g/mol. The van der Waals surface area contributed by atoms with Gasteiger partial charge in [0, 0.05) is 11.6 Å². The first-order valence-corrected chi connectivity index (χ1v) is 7.08. The minimum absolute atomic E-state index is 0.235. The standard InChI is InChI=1S/C15H15ClN2O3/c1-9-7-17-14-10(13(9)16)3-2-4-11(14)18-15(19)12-8-20-5-6-21-12/h2-4,7,12H,5-6,8H2,1H3,(H,18,19). The fourth-order valence-electron chi connectivity index (χ4n) is 2.24. The zero-order valence-electron chi connectivity index (χ0n) is 11.6. The highest BCUT2D eigenvalue weighted by molar-refractivity contribution is 6.36. The lowest BCUT2D eigenvalue weighted by molar-refractivity contribution is -0.142. The van der Waals surface area contributed by atoms with Crippen molar-refractivity contribution in [2.45, 2.75) is 13.0 Å². The largest absolute Gasteiger partial charge is 0.376 e. The number of nitrogens with one attached hydrogen (secondary N) is 1. The van der Waals surface area contributed by atoms with Gasteiger partial charge in [-0.3, -0.25) is 9.78 Å². The number of halogens is 1. The smallest absolute Gasteiger partial charge is 0.255 e. The predicted octanol–water partition coefficient (Wildman–Crippen LogP) is 2.55. The first kappa shape index (κ1) is 14.3. The van der Waals surface area contributed by atoms with E-state index < -0.39 is 6.10 Å². The molecule has 0 bridgehead atoms. The lowest BCUT2D eigenvalue weighted by Gasteiger charge is -2.22. The van der Waals surface area contributed by atoms with Gasteiger partial charge in [0.2, 0.25) is 0 Å². The van der Waals surface area contributed by atoms with Crippen molar-refractivity contribution in [2.24, 2.45) is 0 Å². The molecule has 1 atom stereocenters. The van der Waals surface area contributed by atoms with Gasteiger partial charge in [0.1, 0.15) is 0 Å². The molecular weight excluding hydrogens is 292 g/mol. The second-order valence-electron chi connectivity index (χ2n) is 4.88. The second kappa shape index (κ2) is 5.97. The molecule has 110 valence electrons. The van der Waals surface area contributed by atoms with Gasteiger partial charge in [0.05, 0.1) is 36.0 Å². The molecule has 1 unspecified atom stereocenters. The Kier molecular flexibility index (Phi) is 4.05. The number of carbonyl (C=O) groups excluding carboxylic acids is 1. The Morgan fingerprint density at radius 2 is 2.29 bits per heavy atom. The van der Waals surface area contributed by atoms with Gasteiger partial charge in [0.25, 0.3) is 5.91 Å². The predicted molar refractivity (Wildman–Crippen MR) is 80.7 cm³/mol. The van der Waals surface area contributed by atoms with Gasteiger partial charge in [0.15, 0.2) is 6.10 Å². The van der Waals surface area contributed by atoms with Gasteiger partial charge in [-0.2, -0.15) is 0 Å². The van der Waals surface area contributed by atoms with Crippen LogP contribution in [0.4, 0.5) is 5.69 Å². The molecule has 0 spiro atoms. The molecule has 0 radical (unpaired) electrons. The molecular formula is C15H15ClN2O3. The average molecular weight is 307 g/mol. The Balaban J connectivity index is 1.90. The number of pyridine rings is 1. The van der Waals surface area contributed by atoms with Gasteiger partial charge in [-0.05, 0) is 18.6 Å². The van der Waals surface area contributed by atoms with Crippen molar-refractivity contribution in [1.29, 1.82) is 0 Å². The number of nitrogens with zero attached hydrogens (tertiary/aromatic N) is 1. The third-order valence-electron chi connectivity index (χ3n) is 3.37. The Morgan fingerprint density at radius 3 is 3.05 bits per heavy atom. The maximum Gasteiger partial charge on any atom is 0.255 e. The maximum absolute atomic E-state index is 12.2. The van der Waals surface area contributed by atoms with Crippen LogP contribution in [0.15, 0.2) is 24.4 Å². The number of ether oxygens (including phenoxy) is 2. The van der Waals surface area contributed by atoms with Crippen LogP contribution < -0.4 is 5.32 Å². The minimum atomic E-state index is -0.588. The number of benzene rings is 1. The zero-order chi connectivity index (χ0) is 14.8. The lowest BCUT2D eigenvalue weighted by Crippen LogP contribution is -2.39. The fourth-order valence-corrected chi connectivity index (χ4v) is 2.44. The van der Waals surface area contributed by atoms with Crippen LogP contribution in [0.3, 0.4) is 0 Å². The average Bonchev–Trinajstić information content (AvgIpc) is 2.52. The van der Waals surface area contributed by atoms with Crippen LogP contribution in [0.25, 0.3) is 10.9 Å². The van der Waals surface area contributed by atoms with E-state index in [9.17, 15) is 4.79 Å². The summed E-state index contributed by atoms with van der Waals surface area (Å²) in [6.45, 7) is 3.11. The fraction of sp³-hybridized carbons (Fsp3) is 0.333. The van der Waals surface area contributed by atoms with Crippen LogP contribution in [0.2, 0.25) is 5.02 Å². The summed E-state index contributed by atoms with van der Waals surface area (Å²) in [6, 6.07) is 5.51. The van der Waals surface area contributed by atoms with Gasteiger partial charge >= 0.3 is 0 Å². The Morgan fingerprint density at radius 1 is 1.43 bits per heavy atom. The molecule has 1 saturated heterocycles. The maximum atomic E-state index is 12.2. The summed E-state index contributed by atoms with van der Waals surface area (Å²) in [5.41, 5.74) is 2.18. The number of aromatic nitrogens is 1. The SMILES string of the molecule is Cc1cnc2c(NC(=O)C3COCCO3)cccc2c1Cl. The molecule has 2 heterocycles. The summed E-state index contributed by atoms with van der Waals surface area (Å²) in [7, 11) is 0. The number of anilines is 1. The van der Waals surface area contributed by atoms with Crippen molar-refractivity contribution in [2.75, 3.05) is 25.1 Å². The van der Waals surface area contributed by atoms with E-state index in [1.165, 1.54) is 0 Å². The van der Waals surface area contributed by atoms with Gasteiger partial charge < -0.3 is 14.8 Å². The van der Waals surface area contributed by atoms with Crippen LogP contribution in [0.1, 0.15) is 5.56 Å². The molecule has 0 saturated carbocycles. The quantitative estimate of drug-likeness (QED) is 0.926. The molecule has 1 aromatic heterocycles.